The molecule has 0 aliphatic rings. The number of carbonyl (C=O) groups excluding carboxylic acids is 4. The van der Waals surface area contributed by atoms with Crippen molar-refractivity contribution < 1.29 is 58.4 Å². The van der Waals surface area contributed by atoms with E-state index in [1.165, 1.54) is 27.7 Å². The second-order valence-corrected chi connectivity index (χ2v) is 14.7. The van der Waals surface area contributed by atoms with Crippen LogP contribution in [-0.4, -0.2) is 99.8 Å². The average Bonchev–Trinajstić information content (AvgIpc) is 2.92. The van der Waals surface area contributed by atoms with Gasteiger partial charge in [0.2, 0.25) is 17.7 Å². The topological polar surface area (TPSA) is 235 Å². The molecule has 2 unspecified atom stereocenters. The Hall–Kier alpha value is -3.59. The van der Waals surface area contributed by atoms with Gasteiger partial charge in [-0.15, -0.1) is 0 Å². The van der Waals surface area contributed by atoms with Gasteiger partial charge < -0.3 is 45.5 Å². The number of ketones is 1. The Morgan fingerprint density at radius 3 is 1.50 bits per heavy atom. The number of aliphatic carboxylic acids is 3. The van der Waals surface area contributed by atoms with Crippen LogP contribution in [0.5, 0.6) is 0 Å². The molecule has 0 spiro atoms. The number of carbonyl (C=O) groups is 7. The highest BCUT2D eigenvalue weighted by molar-refractivity contribution is 5.90. The largest absolute Gasteiger partial charge is 0.481 e. The molecular weight excluding hydrogens is 630 g/mol. The fourth-order valence-electron chi connectivity index (χ4n) is 4.83. The molecule has 15 nitrogen and oxygen atoms in total. The van der Waals surface area contributed by atoms with Crippen LogP contribution in [0.15, 0.2) is 0 Å². The highest BCUT2D eigenvalue weighted by atomic mass is 16.5. The molecule has 15 heteroatoms. The van der Waals surface area contributed by atoms with E-state index in [1.54, 1.807) is 6.92 Å². The molecule has 0 saturated carbocycles. The summed E-state index contributed by atoms with van der Waals surface area (Å²) < 4.78 is 11.8. The lowest BCUT2D eigenvalue weighted by molar-refractivity contribution is -0.146. The summed E-state index contributed by atoms with van der Waals surface area (Å²) >= 11 is 0. The van der Waals surface area contributed by atoms with Crippen molar-refractivity contribution in [3.05, 3.63) is 0 Å². The van der Waals surface area contributed by atoms with E-state index in [0.717, 1.165) is 0 Å². The van der Waals surface area contributed by atoms with Gasteiger partial charge >= 0.3 is 17.9 Å². The zero-order valence-corrected chi connectivity index (χ0v) is 29.9. The lowest BCUT2D eigenvalue weighted by atomic mass is 9.73. The van der Waals surface area contributed by atoms with Crippen molar-refractivity contribution >= 4 is 41.4 Å². The van der Waals surface area contributed by atoms with Gasteiger partial charge in [0.1, 0.15) is 17.9 Å². The minimum atomic E-state index is -1.44. The standard InChI is InChI=1S/C33H57N3O12/c1-21(37)14-15-32(6,7)47-18-16-33(8,9)48-19-17-34-24(38)12-10-22(26(41)42)35-28(45)30(2,3)20-31(4,5)29(46)36-23(27(43)44)11-13-25(39)40/h22-23H,10-20H2,1-9H3,(H,34,38)(H,35,45)(H,36,46)(H,39,40)(H,41,42)(H,43,44). The fraction of sp³-hybridized carbons (Fsp3) is 0.788. The van der Waals surface area contributed by atoms with Gasteiger partial charge in [0.05, 0.1) is 24.4 Å². The fourth-order valence-corrected chi connectivity index (χ4v) is 4.83. The van der Waals surface area contributed by atoms with Crippen LogP contribution in [0.4, 0.5) is 0 Å². The summed E-state index contributed by atoms with van der Waals surface area (Å²) in [6.07, 6.45) is 0.367. The molecule has 48 heavy (non-hydrogen) atoms. The smallest absolute Gasteiger partial charge is 0.326 e. The van der Waals surface area contributed by atoms with Crippen molar-refractivity contribution in [3.63, 3.8) is 0 Å². The van der Waals surface area contributed by atoms with Gasteiger partial charge in [-0.1, -0.05) is 27.7 Å². The highest BCUT2D eigenvalue weighted by Crippen LogP contribution is 2.34. The molecule has 0 aliphatic heterocycles. The third kappa shape index (κ3) is 18.7. The van der Waals surface area contributed by atoms with Gasteiger partial charge in [0.15, 0.2) is 0 Å². The molecule has 6 N–H and O–H groups in total. The van der Waals surface area contributed by atoms with Crippen molar-refractivity contribution in [2.24, 2.45) is 10.8 Å². The van der Waals surface area contributed by atoms with E-state index in [9.17, 15) is 43.8 Å². The first-order valence-electron chi connectivity index (χ1n) is 16.1. The summed E-state index contributed by atoms with van der Waals surface area (Å²) in [6.45, 7) is 16.0. The molecule has 2 atom stereocenters. The van der Waals surface area contributed by atoms with Crippen molar-refractivity contribution in [1.82, 2.24) is 16.0 Å². The zero-order chi connectivity index (χ0) is 37.5. The van der Waals surface area contributed by atoms with E-state index in [4.69, 9.17) is 14.6 Å². The Balaban J connectivity index is 4.88. The number of hydrogen-bond donors (Lipinski definition) is 6. The second-order valence-electron chi connectivity index (χ2n) is 14.7. The summed E-state index contributed by atoms with van der Waals surface area (Å²) in [4.78, 5) is 83.9. The lowest BCUT2D eigenvalue weighted by Gasteiger charge is -2.34. The van der Waals surface area contributed by atoms with E-state index in [-0.39, 0.29) is 44.6 Å². The summed E-state index contributed by atoms with van der Waals surface area (Å²) in [5.41, 5.74) is -3.55. The van der Waals surface area contributed by atoms with Gasteiger partial charge in [-0.25, -0.2) is 9.59 Å². The first-order valence-corrected chi connectivity index (χ1v) is 16.1. The summed E-state index contributed by atoms with van der Waals surface area (Å²) in [5.74, 6) is -5.67. The molecule has 0 radical (unpaired) electrons. The number of hydrogen-bond acceptors (Lipinski definition) is 9. The Morgan fingerprint density at radius 1 is 0.625 bits per heavy atom. The first kappa shape index (κ1) is 44.4. The predicted molar refractivity (Wildman–Crippen MR) is 175 cm³/mol. The van der Waals surface area contributed by atoms with Crippen LogP contribution in [0, 0.1) is 10.8 Å². The molecule has 3 amide bonds. The number of carboxylic acids is 3. The van der Waals surface area contributed by atoms with Crippen molar-refractivity contribution in [2.45, 2.75) is 137 Å². The monoisotopic (exact) mass is 687 g/mol. The maximum Gasteiger partial charge on any atom is 0.326 e. The molecule has 0 aliphatic carbocycles. The normalized spacial score (nSPS) is 13.6. The highest BCUT2D eigenvalue weighted by Gasteiger charge is 2.41. The second kappa shape index (κ2) is 19.4. The van der Waals surface area contributed by atoms with Crippen LogP contribution >= 0.6 is 0 Å². The molecule has 0 fully saturated rings. The molecule has 0 aromatic carbocycles. The molecule has 276 valence electrons. The van der Waals surface area contributed by atoms with Crippen molar-refractivity contribution in [3.8, 4) is 0 Å². The van der Waals surface area contributed by atoms with E-state index < -0.39 is 76.2 Å². The molecule has 0 bridgehead atoms. The van der Waals surface area contributed by atoms with Crippen LogP contribution in [0.25, 0.3) is 0 Å². The van der Waals surface area contributed by atoms with Gasteiger partial charge in [0, 0.05) is 36.6 Å². The van der Waals surface area contributed by atoms with Crippen molar-refractivity contribution in [2.75, 3.05) is 19.8 Å². The van der Waals surface area contributed by atoms with Gasteiger partial charge in [-0.3, -0.25) is 19.2 Å². The van der Waals surface area contributed by atoms with Crippen molar-refractivity contribution in [1.29, 1.82) is 0 Å². The average molecular weight is 688 g/mol. The van der Waals surface area contributed by atoms with Crippen LogP contribution in [0.3, 0.4) is 0 Å². The Kier molecular flexibility index (Phi) is 18.0. The van der Waals surface area contributed by atoms with E-state index in [2.05, 4.69) is 16.0 Å². The number of Topliss-reactive ketones (excluding diaryl/α,β-unsaturated/α-hetero) is 1. The molecule has 0 aromatic rings. The van der Waals surface area contributed by atoms with Gasteiger partial charge in [0.25, 0.3) is 0 Å². The third-order valence-electron chi connectivity index (χ3n) is 7.82. The van der Waals surface area contributed by atoms with Crippen LogP contribution in [0.2, 0.25) is 0 Å². The molecular formula is C33H57N3O12. The zero-order valence-electron chi connectivity index (χ0n) is 29.9. The Labute approximate surface area is 283 Å². The lowest BCUT2D eigenvalue weighted by Crippen LogP contribution is -2.51. The Bertz CT molecular complexity index is 1150. The summed E-state index contributed by atoms with van der Waals surface area (Å²) in [5, 5.41) is 35.3. The van der Waals surface area contributed by atoms with E-state index >= 15 is 0 Å². The number of nitrogens with one attached hydrogen (secondary N) is 3. The quantitative estimate of drug-likeness (QED) is 0.0760. The Morgan fingerprint density at radius 2 is 1.06 bits per heavy atom. The molecule has 0 aromatic heterocycles. The third-order valence-corrected chi connectivity index (χ3v) is 7.82. The summed E-state index contributed by atoms with van der Waals surface area (Å²) in [7, 11) is 0. The predicted octanol–water partition coefficient (Wildman–Crippen LogP) is 2.68. The first-order chi connectivity index (χ1) is 21.8. The molecule has 0 saturated heterocycles. The SMILES string of the molecule is CC(=O)CCC(C)(C)OCCC(C)(C)OCCNC(=O)CCC(NC(=O)C(C)(C)CC(C)(C)C(=O)NC(CCC(=O)O)C(=O)O)C(=O)O. The van der Waals surface area contributed by atoms with Crippen LogP contribution in [-0.2, 0) is 43.0 Å². The van der Waals surface area contributed by atoms with Gasteiger partial charge in [-0.2, -0.15) is 0 Å². The number of ether oxygens (including phenoxy) is 2. The van der Waals surface area contributed by atoms with Gasteiger partial charge in [-0.05, 0) is 66.7 Å². The van der Waals surface area contributed by atoms with E-state index in [0.29, 0.717) is 25.9 Å². The van der Waals surface area contributed by atoms with E-state index in [1.807, 2.05) is 27.7 Å². The molecule has 0 heterocycles. The number of amides is 3. The number of rotatable bonds is 25. The minimum absolute atomic E-state index is 0.101. The van der Waals surface area contributed by atoms with Crippen LogP contribution in [0.1, 0.15) is 114 Å². The molecule has 0 rings (SSSR count). The van der Waals surface area contributed by atoms with Crippen LogP contribution < -0.4 is 16.0 Å². The number of carboxylic acid groups (broad SMARTS) is 3. The minimum Gasteiger partial charge on any atom is -0.481 e. The maximum absolute atomic E-state index is 13.1. The summed E-state index contributed by atoms with van der Waals surface area (Å²) in [6, 6.07) is -2.82. The maximum atomic E-state index is 13.1.